The molecule has 100 valence electrons. The Balaban J connectivity index is 2.01. The Morgan fingerprint density at radius 1 is 1.67 bits per heavy atom. The fourth-order valence-electron chi connectivity index (χ4n) is 2.25. The summed E-state index contributed by atoms with van der Waals surface area (Å²) in [5, 5.41) is 6.99. The molecule has 0 saturated carbocycles. The summed E-state index contributed by atoms with van der Waals surface area (Å²) in [6, 6.07) is 1.99. The van der Waals surface area contributed by atoms with E-state index in [0.717, 1.165) is 30.8 Å². The lowest BCUT2D eigenvalue weighted by Gasteiger charge is -2.23. The predicted octanol–water partition coefficient (Wildman–Crippen LogP) is 2.49. The van der Waals surface area contributed by atoms with E-state index in [1.54, 1.807) is 0 Å². The van der Waals surface area contributed by atoms with Crippen LogP contribution >= 0.6 is 0 Å². The highest BCUT2D eigenvalue weighted by Gasteiger charge is 2.31. The molecule has 1 atom stereocenters. The minimum atomic E-state index is 0.00635. The van der Waals surface area contributed by atoms with Gasteiger partial charge in [-0.25, -0.2) is 4.79 Å². The van der Waals surface area contributed by atoms with Gasteiger partial charge >= 0.3 is 6.03 Å². The Bertz CT molecular complexity index is 414. The Kier molecular flexibility index (Phi) is 3.89. The van der Waals surface area contributed by atoms with E-state index >= 15 is 0 Å². The number of amides is 2. The van der Waals surface area contributed by atoms with Crippen molar-refractivity contribution in [2.24, 2.45) is 5.92 Å². The molecule has 0 aromatic carbocycles. The first-order chi connectivity index (χ1) is 8.58. The molecule has 0 unspecified atom stereocenters. The number of nitrogens with one attached hydrogen (secondary N) is 1. The molecule has 2 rings (SSSR count). The van der Waals surface area contributed by atoms with Crippen molar-refractivity contribution < 1.29 is 9.32 Å². The van der Waals surface area contributed by atoms with Gasteiger partial charge in [0.15, 0.2) is 0 Å². The Morgan fingerprint density at radius 2 is 2.44 bits per heavy atom. The van der Waals surface area contributed by atoms with Gasteiger partial charge in [0.2, 0.25) is 0 Å². The van der Waals surface area contributed by atoms with Crippen molar-refractivity contribution in [3.63, 3.8) is 0 Å². The highest BCUT2D eigenvalue weighted by Crippen LogP contribution is 2.31. The van der Waals surface area contributed by atoms with E-state index in [-0.39, 0.29) is 12.1 Å². The van der Waals surface area contributed by atoms with Crippen LogP contribution in [0.3, 0.4) is 0 Å². The third-order valence-corrected chi connectivity index (χ3v) is 3.16. The first-order valence-electron chi connectivity index (χ1n) is 6.55. The highest BCUT2D eigenvalue weighted by molar-refractivity contribution is 5.75. The maximum absolute atomic E-state index is 12.1. The lowest BCUT2D eigenvalue weighted by Crippen LogP contribution is -2.40. The Labute approximate surface area is 108 Å². The number of aromatic nitrogens is 1. The molecular formula is C13H21N3O2. The molecular weight excluding hydrogens is 230 g/mol. The summed E-state index contributed by atoms with van der Waals surface area (Å²) in [7, 11) is 0. The van der Waals surface area contributed by atoms with Gasteiger partial charge in [0.1, 0.15) is 11.5 Å². The third-order valence-electron chi connectivity index (χ3n) is 3.16. The van der Waals surface area contributed by atoms with Gasteiger partial charge in [0.25, 0.3) is 0 Å². The van der Waals surface area contributed by atoms with Crippen LogP contribution in [0.25, 0.3) is 0 Å². The van der Waals surface area contributed by atoms with E-state index in [1.807, 2.05) is 17.9 Å². The molecule has 1 N–H and O–H groups in total. The van der Waals surface area contributed by atoms with Crippen LogP contribution in [-0.4, -0.2) is 29.2 Å². The lowest BCUT2D eigenvalue weighted by atomic mass is 10.1. The first-order valence-corrected chi connectivity index (χ1v) is 6.55. The summed E-state index contributed by atoms with van der Waals surface area (Å²) >= 11 is 0. The van der Waals surface area contributed by atoms with Gasteiger partial charge in [-0.15, -0.1) is 0 Å². The van der Waals surface area contributed by atoms with Crippen LogP contribution < -0.4 is 5.32 Å². The fraction of sp³-hybridized carbons (Fsp3) is 0.692. The fourth-order valence-corrected chi connectivity index (χ4v) is 2.25. The van der Waals surface area contributed by atoms with Crippen molar-refractivity contribution in [2.45, 2.75) is 39.7 Å². The SMILES string of the molecule is Cc1cc([C@@H]2CCCN2C(=O)NCC(C)C)no1. The maximum atomic E-state index is 12.1. The molecule has 0 aliphatic carbocycles. The quantitative estimate of drug-likeness (QED) is 0.897. The van der Waals surface area contributed by atoms with Crippen LogP contribution in [0.2, 0.25) is 0 Å². The molecule has 0 radical (unpaired) electrons. The average molecular weight is 251 g/mol. The van der Waals surface area contributed by atoms with Gasteiger partial charge in [-0.05, 0) is 25.7 Å². The molecule has 0 spiro atoms. The van der Waals surface area contributed by atoms with Gasteiger partial charge in [-0.2, -0.15) is 0 Å². The molecule has 1 aromatic heterocycles. The van der Waals surface area contributed by atoms with Gasteiger partial charge in [-0.1, -0.05) is 19.0 Å². The highest BCUT2D eigenvalue weighted by atomic mass is 16.5. The lowest BCUT2D eigenvalue weighted by molar-refractivity contribution is 0.189. The van der Waals surface area contributed by atoms with E-state index in [0.29, 0.717) is 12.5 Å². The number of hydrogen-bond donors (Lipinski definition) is 1. The maximum Gasteiger partial charge on any atom is 0.317 e. The van der Waals surface area contributed by atoms with E-state index in [9.17, 15) is 4.79 Å². The minimum absolute atomic E-state index is 0.00635. The van der Waals surface area contributed by atoms with Gasteiger partial charge in [0.05, 0.1) is 6.04 Å². The zero-order valence-corrected chi connectivity index (χ0v) is 11.3. The van der Waals surface area contributed by atoms with Crippen molar-refractivity contribution in [1.82, 2.24) is 15.4 Å². The Morgan fingerprint density at radius 3 is 3.06 bits per heavy atom. The van der Waals surface area contributed by atoms with E-state index in [1.165, 1.54) is 0 Å². The van der Waals surface area contributed by atoms with Crippen LogP contribution in [0.15, 0.2) is 10.6 Å². The summed E-state index contributed by atoms with van der Waals surface area (Å²) in [6.07, 6.45) is 1.98. The van der Waals surface area contributed by atoms with Crippen molar-refractivity contribution in [3.05, 3.63) is 17.5 Å². The van der Waals surface area contributed by atoms with Gasteiger partial charge < -0.3 is 14.7 Å². The average Bonchev–Trinajstić information content (AvgIpc) is 2.93. The van der Waals surface area contributed by atoms with E-state index < -0.39 is 0 Å². The van der Waals surface area contributed by atoms with Crippen LogP contribution in [0, 0.1) is 12.8 Å². The van der Waals surface area contributed by atoms with Crippen molar-refractivity contribution in [2.75, 3.05) is 13.1 Å². The predicted molar refractivity (Wildman–Crippen MR) is 68.2 cm³/mol. The van der Waals surface area contributed by atoms with Crippen LogP contribution in [-0.2, 0) is 0 Å². The molecule has 1 aromatic rings. The zero-order valence-electron chi connectivity index (χ0n) is 11.3. The van der Waals surface area contributed by atoms with Gasteiger partial charge in [-0.3, -0.25) is 0 Å². The molecule has 1 aliphatic heterocycles. The second-order valence-electron chi connectivity index (χ2n) is 5.29. The molecule has 5 heteroatoms. The largest absolute Gasteiger partial charge is 0.361 e. The van der Waals surface area contributed by atoms with Crippen molar-refractivity contribution in [3.8, 4) is 0 Å². The smallest absolute Gasteiger partial charge is 0.317 e. The molecule has 5 nitrogen and oxygen atoms in total. The molecule has 2 heterocycles. The first kappa shape index (κ1) is 12.9. The normalized spacial score (nSPS) is 19.6. The molecule has 1 saturated heterocycles. The zero-order chi connectivity index (χ0) is 13.1. The summed E-state index contributed by atoms with van der Waals surface area (Å²) in [6.45, 7) is 7.54. The summed E-state index contributed by atoms with van der Waals surface area (Å²) in [5.41, 5.74) is 0.865. The standard InChI is InChI=1S/C13H21N3O2/c1-9(2)8-14-13(17)16-6-4-5-12(16)11-7-10(3)18-15-11/h7,9,12H,4-6,8H2,1-3H3,(H,14,17)/t12-/m0/s1. The molecule has 0 bridgehead atoms. The molecule has 2 amide bonds. The topological polar surface area (TPSA) is 58.4 Å². The second kappa shape index (κ2) is 5.42. The monoisotopic (exact) mass is 251 g/mol. The third kappa shape index (κ3) is 2.83. The van der Waals surface area contributed by atoms with E-state index in [4.69, 9.17) is 4.52 Å². The van der Waals surface area contributed by atoms with Crippen LogP contribution in [0.1, 0.15) is 44.2 Å². The number of rotatable bonds is 3. The minimum Gasteiger partial charge on any atom is -0.361 e. The summed E-state index contributed by atoms with van der Waals surface area (Å²) in [5.74, 6) is 1.25. The number of likely N-dealkylation sites (tertiary alicyclic amines) is 1. The molecule has 18 heavy (non-hydrogen) atoms. The number of urea groups is 1. The number of hydrogen-bond acceptors (Lipinski definition) is 3. The number of carbonyl (C=O) groups excluding carboxylic acids is 1. The Hall–Kier alpha value is -1.52. The summed E-state index contributed by atoms with van der Waals surface area (Å²) in [4.78, 5) is 14.0. The number of aryl methyl sites for hydroxylation is 1. The molecule has 1 fully saturated rings. The number of carbonyl (C=O) groups is 1. The van der Waals surface area contributed by atoms with Gasteiger partial charge in [0, 0.05) is 19.2 Å². The summed E-state index contributed by atoms with van der Waals surface area (Å²) < 4.78 is 5.09. The van der Waals surface area contributed by atoms with Crippen molar-refractivity contribution >= 4 is 6.03 Å². The molecule has 1 aliphatic rings. The van der Waals surface area contributed by atoms with Crippen LogP contribution in [0.4, 0.5) is 4.79 Å². The van der Waals surface area contributed by atoms with Crippen LogP contribution in [0.5, 0.6) is 0 Å². The number of nitrogens with zero attached hydrogens (tertiary/aromatic N) is 2. The van der Waals surface area contributed by atoms with E-state index in [2.05, 4.69) is 24.3 Å². The van der Waals surface area contributed by atoms with Crippen molar-refractivity contribution in [1.29, 1.82) is 0 Å². The second-order valence-corrected chi connectivity index (χ2v) is 5.29.